The molecule has 0 aromatic rings. The minimum absolute atomic E-state index is 0.273. The van der Waals surface area contributed by atoms with E-state index in [1.807, 2.05) is 13.8 Å². The van der Waals surface area contributed by atoms with Gasteiger partial charge in [-0.25, -0.2) is 0 Å². The first-order valence-electron chi connectivity index (χ1n) is 5.08. The van der Waals surface area contributed by atoms with Crippen molar-refractivity contribution in [2.24, 2.45) is 5.41 Å². The number of hydrogen-bond donors (Lipinski definition) is 1. The molecular weight excluding hydrogens is 207 g/mol. The summed E-state index contributed by atoms with van der Waals surface area (Å²) in [4.78, 5) is 1.21. The molecule has 1 aliphatic rings. The van der Waals surface area contributed by atoms with Gasteiger partial charge in [0.15, 0.2) is 0 Å². The second-order valence-corrected chi connectivity index (χ2v) is 5.07. The van der Waals surface area contributed by atoms with Crippen LogP contribution in [0.1, 0.15) is 26.7 Å². The molecule has 0 spiro atoms. The zero-order chi connectivity index (χ0) is 11.9. The molecule has 1 rings (SSSR count). The van der Waals surface area contributed by atoms with Crippen LogP contribution in [-0.2, 0) is 0 Å². The molecule has 2 nitrogen and oxygen atoms in total. The Labute approximate surface area is 88.1 Å². The van der Waals surface area contributed by atoms with Crippen LogP contribution in [0.4, 0.5) is 13.2 Å². The van der Waals surface area contributed by atoms with Crippen LogP contribution >= 0.6 is 0 Å². The molecule has 1 aliphatic carbocycles. The van der Waals surface area contributed by atoms with Gasteiger partial charge < -0.3 is 5.11 Å². The van der Waals surface area contributed by atoms with Gasteiger partial charge in [0.05, 0.1) is 12.6 Å². The van der Waals surface area contributed by atoms with Gasteiger partial charge in [-0.15, -0.1) is 0 Å². The van der Waals surface area contributed by atoms with Gasteiger partial charge in [-0.3, -0.25) is 4.90 Å². The van der Waals surface area contributed by atoms with Gasteiger partial charge in [0.25, 0.3) is 0 Å². The molecule has 0 bridgehead atoms. The van der Waals surface area contributed by atoms with Crippen LogP contribution in [-0.4, -0.2) is 41.9 Å². The molecule has 0 aliphatic heterocycles. The molecule has 1 saturated carbocycles. The normalized spacial score (nSPS) is 31.2. The Morgan fingerprint density at radius 2 is 1.93 bits per heavy atom. The van der Waals surface area contributed by atoms with Crippen molar-refractivity contribution in [3.05, 3.63) is 0 Å². The van der Waals surface area contributed by atoms with E-state index < -0.39 is 18.8 Å². The fourth-order valence-electron chi connectivity index (χ4n) is 2.21. The maximum atomic E-state index is 12.2. The molecule has 0 aromatic carbocycles. The second kappa shape index (κ2) is 3.94. The van der Waals surface area contributed by atoms with Gasteiger partial charge in [-0.05, 0) is 25.3 Å². The van der Waals surface area contributed by atoms with Crippen LogP contribution in [0.15, 0.2) is 0 Å². The molecule has 0 saturated heterocycles. The Hall–Kier alpha value is -0.290. The van der Waals surface area contributed by atoms with Crippen molar-refractivity contribution in [2.45, 2.75) is 45.0 Å². The molecule has 15 heavy (non-hydrogen) atoms. The molecule has 1 N–H and O–H groups in total. The molecule has 2 unspecified atom stereocenters. The first-order valence-corrected chi connectivity index (χ1v) is 5.08. The lowest BCUT2D eigenvalue weighted by Crippen LogP contribution is -2.45. The summed E-state index contributed by atoms with van der Waals surface area (Å²) in [6.45, 7) is 2.82. The van der Waals surface area contributed by atoms with E-state index in [0.717, 1.165) is 6.42 Å². The molecule has 0 amide bonds. The minimum atomic E-state index is -4.19. The zero-order valence-electron chi connectivity index (χ0n) is 9.30. The first-order chi connectivity index (χ1) is 6.63. The van der Waals surface area contributed by atoms with E-state index in [1.54, 1.807) is 0 Å². The monoisotopic (exact) mass is 225 g/mol. The standard InChI is InChI=1S/C10H18F3NO/c1-9(2)5-4-7(8(9)15)14(3)6-10(11,12)13/h7-8,15H,4-6H2,1-3H3. The predicted octanol–water partition coefficient (Wildman–Crippen LogP) is 2.03. The summed E-state index contributed by atoms with van der Waals surface area (Å²) in [5.74, 6) is 0. The van der Waals surface area contributed by atoms with Crippen LogP contribution in [0.3, 0.4) is 0 Å². The third-order valence-corrected chi connectivity index (χ3v) is 3.24. The fourth-order valence-corrected chi connectivity index (χ4v) is 2.21. The van der Waals surface area contributed by atoms with E-state index in [-0.39, 0.29) is 11.5 Å². The number of nitrogens with zero attached hydrogens (tertiary/aromatic N) is 1. The van der Waals surface area contributed by atoms with Crippen molar-refractivity contribution in [3.63, 3.8) is 0 Å². The third-order valence-electron chi connectivity index (χ3n) is 3.24. The number of likely N-dealkylation sites (N-methyl/N-ethyl adjacent to an activating group) is 1. The number of aliphatic hydroxyl groups is 1. The lowest BCUT2D eigenvalue weighted by atomic mass is 9.89. The summed E-state index contributed by atoms with van der Waals surface area (Å²) >= 11 is 0. The van der Waals surface area contributed by atoms with Crippen LogP contribution in [0.5, 0.6) is 0 Å². The van der Waals surface area contributed by atoms with Crippen molar-refractivity contribution in [3.8, 4) is 0 Å². The maximum Gasteiger partial charge on any atom is 0.401 e. The van der Waals surface area contributed by atoms with Crippen LogP contribution in [0, 0.1) is 5.41 Å². The third kappa shape index (κ3) is 3.08. The van der Waals surface area contributed by atoms with Gasteiger partial charge in [0.2, 0.25) is 0 Å². The van der Waals surface area contributed by atoms with E-state index >= 15 is 0 Å². The van der Waals surface area contributed by atoms with E-state index in [9.17, 15) is 18.3 Å². The predicted molar refractivity (Wildman–Crippen MR) is 51.5 cm³/mol. The van der Waals surface area contributed by atoms with E-state index in [2.05, 4.69) is 0 Å². The topological polar surface area (TPSA) is 23.5 Å². The highest BCUT2D eigenvalue weighted by atomic mass is 19.4. The average molecular weight is 225 g/mol. The van der Waals surface area contributed by atoms with Crippen LogP contribution in [0.25, 0.3) is 0 Å². The van der Waals surface area contributed by atoms with Crippen LogP contribution < -0.4 is 0 Å². The molecule has 2 atom stereocenters. The molecule has 90 valence electrons. The fraction of sp³-hybridized carbons (Fsp3) is 1.00. The van der Waals surface area contributed by atoms with Gasteiger partial charge in [-0.2, -0.15) is 13.2 Å². The van der Waals surface area contributed by atoms with E-state index in [0.29, 0.717) is 6.42 Å². The van der Waals surface area contributed by atoms with Crippen molar-refractivity contribution in [2.75, 3.05) is 13.6 Å². The van der Waals surface area contributed by atoms with Gasteiger partial charge >= 0.3 is 6.18 Å². The molecule has 0 radical (unpaired) electrons. The summed E-state index contributed by atoms with van der Waals surface area (Å²) < 4.78 is 36.5. The van der Waals surface area contributed by atoms with Gasteiger partial charge in [-0.1, -0.05) is 13.8 Å². The highest BCUT2D eigenvalue weighted by molar-refractivity contribution is 4.95. The SMILES string of the molecule is CN(CC(F)(F)F)C1CCC(C)(C)C1O. The number of rotatable bonds is 2. The number of aliphatic hydroxyl groups excluding tert-OH is 1. The van der Waals surface area contributed by atoms with Crippen molar-refractivity contribution in [1.29, 1.82) is 0 Å². The first kappa shape index (κ1) is 12.8. The summed E-state index contributed by atoms with van der Waals surface area (Å²) in [5, 5.41) is 9.87. The number of alkyl halides is 3. The molecule has 0 aromatic heterocycles. The Bertz CT molecular complexity index is 227. The summed E-state index contributed by atoms with van der Waals surface area (Å²) in [7, 11) is 1.42. The summed E-state index contributed by atoms with van der Waals surface area (Å²) in [6.07, 6.45) is -3.48. The maximum absolute atomic E-state index is 12.2. The smallest absolute Gasteiger partial charge is 0.391 e. The van der Waals surface area contributed by atoms with Gasteiger partial charge in [0, 0.05) is 6.04 Å². The Morgan fingerprint density at radius 3 is 2.27 bits per heavy atom. The van der Waals surface area contributed by atoms with Gasteiger partial charge in [0.1, 0.15) is 0 Å². The highest BCUT2D eigenvalue weighted by Crippen LogP contribution is 2.39. The van der Waals surface area contributed by atoms with Crippen molar-refractivity contribution < 1.29 is 18.3 Å². The zero-order valence-corrected chi connectivity index (χ0v) is 9.30. The lowest BCUT2D eigenvalue weighted by molar-refractivity contribution is -0.152. The quantitative estimate of drug-likeness (QED) is 0.777. The molecule has 0 heterocycles. The van der Waals surface area contributed by atoms with E-state index in [1.165, 1.54) is 11.9 Å². The Kier molecular flexibility index (Phi) is 3.36. The molecular formula is C10H18F3NO. The van der Waals surface area contributed by atoms with E-state index in [4.69, 9.17) is 0 Å². The minimum Gasteiger partial charge on any atom is -0.391 e. The van der Waals surface area contributed by atoms with Crippen LogP contribution in [0.2, 0.25) is 0 Å². The largest absolute Gasteiger partial charge is 0.401 e. The van der Waals surface area contributed by atoms with Crippen molar-refractivity contribution >= 4 is 0 Å². The lowest BCUT2D eigenvalue weighted by Gasteiger charge is -2.31. The number of hydrogen-bond acceptors (Lipinski definition) is 2. The highest BCUT2D eigenvalue weighted by Gasteiger charge is 2.44. The van der Waals surface area contributed by atoms with Crippen molar-refractivity contribution in [1.82, 2.24) is 4.90 Å². The second-order valence-electron chi connectivity index (χ2n) is 5.07. The average Bonchev–Trinajstić information content (AvgIpc) is 2.24. The number of halogens is 3. The molecule has 1 fully saturated rings. The summed E-state index contributed by atoms with van der Waals surface area (Å²) in [5.41, 5.74) is -0.273. The molecule has 5 heteroatoms. The summed E-state index contributed by atoms with van der Waals surface area (Å²) in [6, 6.07) is -0.373. The Morgan fingerprint density at radius 1 is 1.40 bits per heavy atom. The Balaban J connectivity index is 2.59.